The third-order valence-corrected chi connectivity index (χ3v) is 4.17. The molecule has 0 spiro atoms. The maximum atomic E-state index is 12.6. The van der Waals surface area contributed by atoms with E-state index in [9.17, 15) is 9.59 Å². The lowest BCUT2D eigenvalue weighted by Gasteiger charge is -2.16. The molecular weight excluding hydrogens is 314 g/mol. The number of amides is 1. The highest BCUT2D eigenvalue weighted by molar-refractivity contribution is 5.95. The molecule has 1 aromatic carbocycles. The second-order valence-electron chi connectivity index (χ2n) is 6.54. The van der Waals surface area contributed by atoms with Crippen molar-refractivity contribution in [3.8, 4) is 0 Å². The highest BCUT2D eigenvalue weighted by atomic mass is 16.2. The summed E-state index contributed by atoms with van der Waals surface area (Å²) >= 11 is 0. The Hall–Kier alpha value is -2.69. The Balaban J connectivity index is 1.77. The number of hydrogen-bond donors (Lipinski definition) is 0. The van der Waals surface area contributed by atoms with E-state index in [0.717, 1.165) is 24.2 Å². The van der Waals surface area contributed by atoms with Crippen LogP contribution in [0.1, 0.15) is 37.0 Å². The van der Waals surface area contributed by atoms with Gasteiger partial charge in [0.1, 0.15) is 5.49 Å². The number of hydrogen-bond acceptors (Lipinski definition) is 3. The molecule has 0 N–H and O–H groups in total. The number of carbonyl (C=O) groups excluding carboxylic acids is 2. The number of anilines is 1. The van der Waals surface area contributed by atoms with E-state index in [-0.39, 0.29) is 17.9 Å². The Bertz CT molecular complexity index is 835. The minimum atomic E-state index is -0.0231. The zero-order chi connectivity index (χ0) is 17.8. The molecule has 0 atom stereocenters. The van der Waals surface area contributed by atoms with Crippen molar-refractivity contribution < 1.29 is 9.59 Å². The van der Waals surface area contributed by atoms with Crippen molar-refractivity contribution in [1.29, 1.82) is 0 Å². The Morgan fingerprint density at radius 1 is 1.16 bits per heavy atom. The van der Waals surface area contributed by atoms with Crippen LogP contribution >= 0.6 is 0 Å². The minimum Gasteiger partial charge on any atom is -0.312 e. The quantitative estimate of drug-likeness (QED) is 0.861. The van der Waals surface area contributed by atoms with Gasteiger partial charge in [-0.2, -0.15) is 0 Å². The van der Waals surface area contributed by atoms with Crippen molar-refractivity contribution in [2.75, 3.05) is 11.4 Å². The Morgan fingerprint density at radius 3 is 2.56 bits per heavy atom. The first-order valence-electron chi connectivity index (χ1n) is 8.68. The average molecular weight is 337 g/mol. The van der Waals surface area contributed by atoms with Gasteiger partial charge in [-0.15, -0.1) is 0 Å². The molecule has 0 saturated carbocycles. The number of benzene rings is 1. The molecule has 5 nitrogen and oxygen atoms in total. The van der Waals surface area contributed by atoms with Gasteiger partial charge >= 0.3 is 0 Å². The summed E-state index contributed by atoms with van der Waals surface area (Å²) in [7, 11) is 0. The third kappa shape index (κ3) is 4.05. The molecule has 0 aliphatic carbocycles. The van der Waals surface area contributed by atoms with Crippen LogP contribution in [0, 0.1) is 0 Å². The Kier molecular flexibility index (Phi) is 5.12. The summed E-state index contributed by atoms with van der Waals surface area (Å²) in [5.41, 5.74) is 2.50. The predicted octanol–water partition coefficient (Wildman–Crippen LogP) is 2.81. The molecule has 1 aliphatic heterocycles. The lowest BCUT2D eigenvalue weighted by Crippen LogP contribution is -2.28. The highest BCUT2D eigenvalue weighted by Crippen LogP contribution is 2.21. The summed E-state index contributed by atoms with van der Waals surface area (Å²) in [5, 5.41) is 0. The Morgan fingerprint density at radius 2 is 1.92 bits per heavy atom. The van der Waals surface area contributed by atoms with Crippen LogP contribution in [0.3, 0.4) is 0 Å². The summed E-state index contributed by atoms with van der Waals surface area (Å²) < 4.78 is 1.60. The number of rotatable bonds is 4. The van der Waals surface area contributed by atoms with E-state index in [0.29, 0.717) is 18.3 Å². The van der Waals surface area contributed by atoms with Gasteiger partial charge in [-0.1, -0.05) is 18.2 Å². The van der Waals surface area contributed by atoms with Gasteiger partial charge < -0.3 is 4.90 Å². The van der Waals surface area contributed by atoms with Gasteiger partial charge in [0.25, 0.3) is 0 Å². The lowest BCUT2D eigenvalue weighted by atomic mass is 10.1. The molecule has 2 heterocycles. The van der Waals surface area contributed by atoms with Gasteiger partial charge in [0.05, 0.1) is 6.42 Å². The molecule has 3 rings (SSSR count). The van der Waals surface area contributed by atoms with Crippen LogP contribution in [0.25, 0.3) is 0 Å². The number of aromatic nitrogens is 1. The summed E-state index contributed by atoms with van der Waals surface area (Å²) in [4.78, 5) is 30.8. The number of carbonyl (C=O) groups is 2. The van der Waals surface area contributed by atoms with E-state index < -0.39 is 0 Å². The topological polar surface area (TPSA) is 54.7 Å². The molecule has 130 valence electrons. The SMILES string of the molecule is CC(C)N=c1ccccn1C(=O)Cc1ccc(N2CCCC2=O)cc1. The average Bonchev–Trinajstić information content (AvgIpc) is 3.01. The molecule has 1 amide bonds. The maximum Gasteiger partial charge on any atom is 0.236 e. The summed E-state index contributed by atoms with van der Waals surface area (Å²) in [5.74, 6) is 0.147. The van der Waals surface area contributed by atoms with Gasteiger partial charge in [-0.25, -0.2) is 0 Å². The van der Waals surface area contributed by atoms with Crippen molar-refractivity contribution in [2.24, 2.45) is 4.99 Å². The molecule has 1 aliphatic rings. The Labute approximate surface area is 147 Å². The normalized spacial score (nSPS) is 15.2. The van der Waals surface area contributed by atoms with Gasteiger partial charge in [0.2, 0.25) is 11.8 Å². The summed E-state index contributed by atoms with van der Waals surface area (Å²) in [6, 6.07) is 13.4. The zero-order valence-corrected chi connectivity index (χ0v) is 14.7. The van der Waals surface area contributed by atoms with Crippen LogP contribution in [0.15, 0.2) is 53.7 Å². The molecule has 0 unspecified atom stereocenters. The van der Waals surface area contributed by atoms with Crippen molar-refractivity contribution in [3.63, 3.8) is 0 Å². The molecule has 5 heteroatoms. The van der Waals surface area contributed by atoms with Crippen molar-refractivity contribution in [1.82, 2.24) is 4.57 Å². The molecule has 1 fully saturated rings. The molecular formula is C20H23N3O2. The van der Waals surface area contributed by atoms with Crippen LogP contribution in [0.4, 0.5) is 5.69 Å². The van der Waals surface area contributed by atoms with E-state index in [2.05, 4.69) is 4.99 Å². The fourth-order valence-corrected chi connectivity index (χ4v) is 2.99. The monoisotopic (exact) mass is 337 g/mol. The lowest BCUT2D eigenvalue weighted by molar-refractivity contribution is -0.117. The third-order valence-electron chi connectivity index (χ3n) is 4.17. The van der Waals surface area contributed by atoms with Gasteiger partial charge in [0, 0.05) is 30.9 Å². The smallest absolute Gasteiger partial charge is 0.236 e. The van der Waals surface area contributed by atoms with E-state index in [1.54, 1.807) is 15.7 Å². The van der Waals surface area contributed by atoms with Crippen LogP contribution in [0.5, 0.6) is 0 Å². The second kappa shape index (κ2) is 7.47. The van der Waals surface area contributed by atoms with Gasteiger partial charge in [-0.3, -0.25) is 19.1 Å². The maximum absolute atomic E-state index is 12.6. The van der Waals surface area contributed by atoms with Crippen molar-refractivity contribution >= 4 is 17.5 Å². The first-order valence-corrected chi connectivity index (χ1v) is 8.68. The molecule has 0 bridgehead atoms. The van der Waals surface area contributed by atoms with E-state index in [1.165, 1.54) is 0 Å². The number of nitrogens with zero attached hydrogens (tertiary/aromatic N) is 3. The summed E-state index contributed by atoms with van der Waals surface area (Å²) in [6.07, 6.45) is 3.57. The molecule has 1 aromatic heterocycles. The zero-order valence-electron chi connectivity index (χ0n) is 14.7. The first kappa shape index (κ1) is 17.1. The molecule has 25 heavy (non-hydrogen) atoms. The standard InChI is InChI=1S/C20H23N3O2/c1-15(2)21-18-6-3-4-12-23(18)20(25)14-16-8-10-17(11-9-16)22-13-5-7-19(22)24/h3-4,6,8-12,15H,5,7,13-14H2,1-2H3. The molecule has 1 saturated heterocycles. The molecule has 0 radical (unpaired) electrons. The van der Waals surface area contributed by atoms with Crippen LogP contribution < -0.4 is 10.4 Å². The van der Waals surface area contributed by atoms with Crippen molar-refractivity contribution in [2.45, 2.75) is 39.2 Å². The summed E-state index contributed by atoms with van der Waals surface area (Å²) in [6.45, 7) is 4.75. The van der Waals surface area contributed by atoms with E-state index in [1.807, 2.05) is 56.3 Å². The van der Waals surface area contributed by atoms with Crippen LogP contribution in [-0.4, -0.2) is 29.0 Å². The largest absolute Gasteiger partial charge is 0.312 e. The first-order chi connectivity index (χ1) is 12.0. The highest BCUT2D eigenvalue weighted by Gasteiger charge is 2.21. The van der Waals surface area contributed by atoms with E-state index in [4.69, 9.17) is 0 Å². The second-order valence-corrected chi connectivity index (χ2v) is 6.54. The van der Waals surface area contributed by atoms with Gasteiger partial charge in [-0.05, 0) is 50.1 Å². The van der Waals surface area contributed by atoms with Crippen LogP contribution in [0.2, 0.25) is 0 Å². The fraction of sp³-hybridized carbons (Fsp3) is 0.350. The van der Waals surface area contributed by atoms with Gasteiger partial charge in [0.15, 0.2) is 0 Å². The van der Waals surface area contributed by atoms with Crippen molar-refractivity contribution in [3.05, 3.63) is 59.7 Å². The fourth-order valence-electron chi connectivity index (χ4n) is 2.99. The molecule has 2 aromatic rings. The van der Waals surface area contributed by atoms with E-state index >= 15 is 0 Å². The number of pyridine rings is 1. The predicted molar refractivity (Wildman–Crippen MR) is 97.5 cm³/mol. The minimum absolute atomic E-state index is 0.0231. The van der Waals surface area contributed by atoms with Crippen LogP contribution in [-0.2, 0) is 11.2 Å².